The van der Waals surface area contributed by atoms with Gasteiger partial charge in [-0.15, -0.1) is 0 Å². The predicted molar refractivity (Wildman–Crippen MR) is 168 cm³/mol. The van der Waals surface area contributed by atoms with Crippen molar-refractivity contribution in [3.8, 4) is 22.5 Å². The summed E-state index contributed by atoms with van der Waals surface area (Å²) >= 11 is 0. The molecule has 0 aliphatic rings. The molecule has 0 unspecified atom stereocenters. The Balaban J connectivity index is 1.61. The van der Waals surface area contributed by atoms with Crippen LogP contribution < -0.4 is 0 Å². The molecule has 0 radical (unpaired) electrons. The van der Waals surface area contributed by atoms with Gasteiger partial charge in [0.2, 0.25) is 0 Å². The van der Waals surface area contributed by atoms with Crippen molar-refractivity contribution in [2.45, 2.75) is 6.92 Å². The summed E-state index contributed by atoms with van der Waals surface area (Å²) in [5.41, 5.74) is 10.6. The summed E-state index contributed by atoms with van der Waals surface area (Å²) in [5.74, 6) is 0. The Morgan fingerprint density at radius 1 is 0.564 bits per heavy atom. The molecule has 5 aromatic carbocycles. The van der Waals surface area contributed by atoms with Gasteiger partial charge in [0.1, 0.15) is 0 Å². The first-order valence-electron chi connectivity index (χ1n) is 13.4. The third-order valence-electron chi connectivity index (χ3n) is 7.60. The summed E-state index contributed by atoms with van der Waals surface area (Å²) in [6.45, 7) is 6.34. The van der Waals surface area contributed by atoms with E-state index in [-0.39, 0.29) is 0 Å². The van der Waals surface area contributed by atoms with E-state index in [4.69, 9.17) is 0 Å². The van der Waals surface area contributed by atoms with Gasteiger partial charge in [-0.25, -0.2) is 0 Å². The third-order valence-corrected chi connectivity index (χ3v) is 7.60. The molecule has 39 heavy (non-hydrogen) atoms. The van der Waals surface area contributed by atoms with Gasteiger partial charge >= 0.3 is 0 Å². The van der Waals surface area contributed by atoms with Crippen LogP contribution in [0.2, 0.25) is 0 Å². The molecule has 2 nitrogen and oxygen atoms in total. The Kier molecular flexibility index (Phi) is 5.53. The number of rotatable bonds is 5. The van der Waals surface area contributed by atoms with Crippen molar-refractivity contribution < 1.29 is 0 Å². The van der Waals surface area contributed by atoms with Gasteiger partial charge in [0.25, 0.3) is 0 Å². The Hall–Kier alpha value is -5.08. The zero-order valence-electron chi connectivity index (χ0n) is 21.9. The summed E-state index contributed by atoms with van der Waals surface area (Å²) in [5, 5.41) is 3.72. The standard InChI is InChI=1S/C37H28N2/c1-3-14-32-30(4-2)36-34(38(32)28-18-9-6-10-19-28)23-24-35-37(36)31-21-11-12-22-33(31)39(35)29-20-13-17-27(25-29)26-15-7-5-8-16-26/h3-25H,2H2,1H3/b14-3-. The lowest BCUT2D eigenvalue weighted by molar-refractivity contribution is 1.10. The molecule has 0 saturated heterocycles. The third kappa shape index (κ3) is 3.57. The van der Waals surface area contributed by atoms with Crippen LogP contribution >= 0.6 is 0 Å². The van der Waals surface area contributed by atoms with Crippen molar-refractivity contribution in [1.29, 1.82) is 0 Å². The lowest BCUT2D eigenvalue weighted by Gasteiger charge is -2.11. The van der Waals surface area contributed by atoms with E-state index in [0.29, 0.717) is 0 Å². The normalized spacial score (nSPS) is 11.7. The monoisotopic (exact) mass is 500 g/mol. The molecule has 0 fully saturated rings. The first kappa shape index (κ1) is 23.1. The van der Waals surface area contributed by atoms with Crippen LogP contribution in [0.4, 0.5) is 0 Å². The molecule has 0 spiro atoms. The van der Waals surface area contributed by atoms with Crippen molar-refractivity contribution >= 4 is 44.9 Å². The molecule has 0 saturated carbocycles. The second kappa shape index (κ2) is 9.34. The first-order chi connectivity index (χ1) is 19.3. The zero-order valence-corrected chi connectivity index (χ0v) is 21.9. The molecule has 186 valence electrons. The average Bonchev–Trinajstić information content (AvgIpc) is 3.50. The Morgan fingerprint density at radius 3 is 1.95 bits per heavy atom. The van der Waals surface area contributed by atoms with Gasteiger partial charge in [0.15, 0.2) is 0 Å². The topological polar surface area (TPSA) is 9.86 Å². The lowest BCUT2D eigenvalue weighted by Crippen LogP contribution is -1.97. The van der Waals surface area contributed by atoms with Gasteiger partial charge in [-0.3, -0.25) is 0 Å². The number of nitrogens with zero attached hydrogens (tertiary/aromatic N) is 2. The summed E-state index contributed by atoms with van der Waals surface area (Å²) in [6, 6.07) is 43.3. The second-order valence-electron chi connectivity index (χ2n) is 9.80. The fourth-order valence-corrected chi connectivity index (χ4v) is 6.00. The van der Waals surface area contributed by atoms with Crippen molar-refractivity contribution in [3.63, 3.8) is 0 Å². The molecule has 2 aromatic heterocycles. The van der Waals surface area contributed by atoms with Crippen molar-refractivity contribution in [2.75, 3.05) is 0 Å². The van der Waals surface area contributed by atoms with E-state index in [1.165, 1.54) is 43.8 Å². The summed E-state index contributed by atoms with van der Waals surface area (Å²) < 4.78 is 4.76. The molecule has 0 aliphatic heterocycles. The van der Waals surface area contributed by atoms with Crippen LogP contribution in [-0.4, -0.2) is 9.13 Å². The number of hydrogen-bond acceptors (Lipinski definition) is 0. The quantitative estimate of drug-likeness (QED) is 0.222. The maximum Gasteiger partial charge on any atom is 0.0548 e. The fourth-order valence-electron chi connectivity index (χ4n) is 6.00. The minimum atomic E-state index is 1.14. The van der Waals surface area contributed by atoms with Gasteiger partial charge in [-0.2, -0.15) is 0 Å². The summed E-state index contributed by atoms with van der Waals surface area (Å²) in [6.07, 6.45) is 6.31. The van der Waals surface area contributed by atoms with Crippen LogP contribution in [0.3, 0.4) is 0 Å². The molecule has 0 aliphatic carbocycles. The largest absolute Gasteiger partial charge is 0.309 e. The van der Waals surface area contributed by atoms with Gasteiger partial charge in [-0.1, -0.05) is 97.6 Å². The van der Waals surface area contributed by atoms with Crippen LogP contribution in [0.1, 0.15) is 18.2 Å². The van der Waals surface area contributed by atoms with E-state index in [0.717, 1.165) is 22.6 Å². The highest BCUT2D eigenvalue weighted by Gasteiger charge is 2.21. The summed E-state index contributed by atoms with van der Waals surface area (Å²) in [7, 11) is 0. The van der Waals surface area contributed by atoms with Gasteiger partial charge in [0.05, 0.1) is 22.2 Å². The molecule has 7 rings (SSSR count). The molecule has 0 atom stereocenters. The van der Waals surface area contributed by atoms with Gasteiger partial charge < -0.3 is 9.13 Å². The molecule has 0 N–H and O–H groups in total. The molecule has 2 heterocycles. The van der Waals surface area contributed by atoms with Crippen LogP contribution in [0.15, 0.2) is 134 Å². The number of benzene rings is 5. The smallest absolute Gasteiger partial charge is 0.0548 e. The number of aromatic nitrogens is 2. The number of para-hydroxylation sites is 2. The molecule has 0 amide bonds. The zero-order chi connectivity index (χ0) is 26.3. The maximum atomic E-state index is 4.27. The van der Waals surface area contributed by atoms with Gasteiger partial charge in [0, 0.05) is 33.1 Å². The highest BCUT2D eigenvalue weighted by atomic mass is 15.0. The van der Waals surface area contributed by atoms with E-state index >= 15 is 0 Å². The van der Waals surface area contributed by atoms with Crippen LogP contribution in [0.25, 0.3) is 67.4 Å². The van der Waals surface area contributed by atoms with E-state index in [1.807, 2.05) is 6.08 Å². The Morgan fingerprint density at radius 2 is 1.21 bits per heavy atom. The highest BCUT2D eigenvalue weighted by molar-refractivity contribution is 6.23. The minimum absolute atomic E-state index is 1.14. The van der Waals surface area contributed by atoms with Crippen LogP contribution in [0.5, 0.6) is 0 Å². The number of allylic oxidation sites excluding steroid dienone is 1. The fraction of sp³-hybridized carbons (Fsp3) is 0.0270. The van der Waals surface area contributed by atoms with Crippen LogP contribution in [0, 0.1) is 0 Å². The maximum absolute atomic E-state index is 4.27. The number of fused-ring (bicyclic) bond motifs is 5. The first-order valence-corrected chi connectivity index (χ1v) is 13.4. The van der Waals surface area contributed by atoms with E-state index in [1.54, 1.807) is 0 Å². The van der Waals surface area contributed by atoms with E-state index < -0.39 is 0 Å². The number of hydrogen-bond donors (Lipinski definition) is 0. The van der Waals surface area contributed by atoms with E-state index in [9.17, 15) is 0 Å². The Labute approximate surface area is 228 Å². The van der Waals surface area contributed by atoms with Crippen molar-refractivity contribution in [3.05, 3.63) is 145 Å². The average molecular weight is 501 g/mol. The predicted octanol–water partition coefficient (Wildman–Crippen LogP) is 10.1. The molecular formula is C37H28N2. The van der Waals surface area contributed by atoms with Crippen molar-refractivity contribution in [2.24, 2.45) is 0 Å². The molecule has 2 heteroatoms. The minimum Gasteiger partial charge on any atom is -0.309 e. The molecular weight excluding hydrogens is 472 g/mol. The second-order valence-corrected chi connectivity index (χ2v) is 9.80. The Bertz CT molecular complexity index is 2020. The molecule has 0 bridgehead atoms. The van der Waals surface area contributed by atoms with Gasteiger partial charge in [-0.05, 0) is 66.6 Å². The SMILES string of the molecule is C=Cc1c(/C=C\C)n(-c2ccccc2)c2ccc3c(c4ccccc4n3-c3cccc(-c4ccccc4)c3)c12. The van der Waals surface area contributed by atoms with E-state index in [2.05, 4.69) is 156 Å². The van der Waals surface area contributed by atoms with Crippen LogP contribution in [-0.2, 0) is 0 Å². The summed E-state index contributed by atoms with van der Waals surface area (Å²) in [4.78, 5) is 0. The molecule has 7 aromatic rings. The van der Waals surface area contributed by atoms with Crippen molar-refractivity contribution in [1.82, 2.24) is 9.13 Å². The highest BCUT2D eigenvalue weighted by Crippen LogP contribution is 2.42. The lowest BCUT2D eigenvalue weighted by atomic mass is 10.0.